The average Bonchev–Trinajstić information content (AvgIpc) is 2.87. The summed E-state index contributed by atoms with van der Waals surface area (Å²) < 4.78 is 34.4. The molecule has 0 spiro atoms. The number of nitrogens with one attached hydrogen (secondary N) is 1. The predicted molar refractivity (Wildman–Crippen MR) is 142 cm³/mol. The fourth-order valence-corrected chi connectivity index (χ4v) is 5.35. The molecule has 0 heterocycles. The van der Waals surface area contributed by atoms with Crippen LogP contribution >= 0.6 is 15.9 Å². The van der Waals surface area contributed by atoms with E-state index in [1.165, 1.54) is 12.1 Å². The van der Waals surface area contributed by atoms with Gasteiger partial charge >= 0.3 is 0 Å². The molecule has 0 saturated carbocycles. The standard InChI is InChI=1S/C27H25BrN2O4S/c1-2-34-25-13-11-24(12-14-25)30(35(32,33)26-15-9-23(28)10-16-26)19-27(31)29-18-20-7-8-21-5-3-4-6-22(21)17-20/h3-17H,2,18-19H2,1H3,(H,29,31). The first-order valence-electron chi connectivity index (χ1n) is 11.1. The molecule has 0 aliphatic carbocycles. The number of carbonyl (C=O) groups excluding carboxylic acids is 1. The number of halogens is 1. The largest absolute Gasteiger partial charge is 0.494 e. The molecule has 180 valence electrons. The van der Waals surface area contributed by atoms with Crippen molar-refractivity contribution < 1.29 is 17.9 Å². The lowest BCUT2D eigenvalue weighted by atomic mass is 10.1. The number of anilines is 1. The van der Waals surface area contributed by atoms with Crippen LogP contribution in [0.2, 0.25) is 0 Å². The maximum absolute atomic E-state index is 13.5. The zero-order valence-electron chi connectivity index (χ0n) is 19.1. The number of ether oxygens (including phenoxy) is 1. The summed E-state index contributed by atoms with van der Waals surface area (Å²) in [6.45, 7) is 2.30. The first-order chi connectivity index (χ1) is 16.9. The van der Waals surface area contributed by atoms with Crippen molar-refractivity contribution in [2.45, 2.75) is 18.4 Å². The Bertz CT molecular complexity index is 1420. The van der Waals surface area contributed by atoms with Gasteiger partial charge in [0.05, 0.1) is 17.2 Å². The van der Waals surface area contributed by atoms with Crippen molar-refractivity contribution in [3.05, 3.63) is 101 Å². The molecule has 0 aromatic heterocycles. The Kier molecular flexibility index (Phi) is 7.73. The van der Waals surface area contributed by atoms with Crippen molar-refractivity contribution in [2.75, 3.05) is 17.5 Å². The van der Waals surface area contributed by atoms with Crippen LogP contribution in [0.4, 0.5) is 5.69 Å². The van der Waals surface area contributed by atoms with Crippen LogP contribution in [-0.4, -0.2) is 27.5 Å². The quantitative estimate of drug-likeness (QED) is 0.297. The second kappa shape index (κ2) is 10.9. The molecule has 4 aromatic rings. The summed E-state index contributed by atoms with van der Waals surface area (Å²) in [6.07, 6.45) is 0. The van der Waals surface area contributed by atoms with Crippen molar-refractivity contribution in [2.24, 2.45) is 0 Å². The van der Waals surface area contributed by atoms with Crippen LogP contribution in [0.25, 0.3) is 10.8 Å². The van der Waals surface area contributed by atoms with E-state index in [1.54, 1.807) is 36.4 Å². The van der Waals surface area contributed by atoms with Crippen LogP contribution < -0.4 is 14.4 Å². The molecule has 0 fully saturated rings. The van der Waals surface area contributed by atoms with E-state index in [4.69, 9.17) is 4.74 Å². The summed E-state index contributed by atoms with van der Waals surface area (Å²) >= 11 is 3.33. The number of carbonyl (C=O) groups is 1. The summed E-state index contributed by atoms with van der Waals surface area (Å²) in [6, 6.07) is 26.9. The first kappa shape index (κ1) is 24.8. The lowest BCUT2D eigenvalue weighted by molar-refractivity contribution is -0.119. The molecule has 4 rings (SSSR count). The molecule has 0 unspecified atom stereocenters. The topological polar surface area (TPSA) is 75.7 Å². The maximum atomic E-state index is 13.5. The molecule has 0 radical (unpaired) electrons. The predicted octanol–water partition coefficient (Wildman–Crippen LogP) is 5.51. The molecule has 0 aliphatic rings. The van der Waals surface area contributed by atoms with E-state index in [0.29, 0.717) is 24.6 Å². The number of sulfonamides is 1. The van der Waals surface area contributed by atoms with Gasteiger partial charge in [-0.2, -0.15) is 0 Å². The van der Waals surface area contributed by atoms with Crippen LogP contribution in [0, 0.1) is 0 Å². The highest BCUT2D eigenvalue weighted by atomic mass is 79.9. The molecule has 8 heteroatoms. The highest BCUT2D eigenvalue weighted by Crippen LogP contribution is 2.26. The Morgan fingerprint density at radius 3 is 2.29 bits per heavy atom. The third-order valence-electron chi connectivity index (χ3n) is 5.43. The van der Waals surface area contributed by atoms with Gasteiger partial charge in [-0.05, 0) is 77.9 Å². The minimum atomic E-state index is -3.99. The first-order valence-corrected chi connectivity index (χ1v) is 13.4. The lowest BCUT2D eigenvalue weighted by Crippen LogP contribution is -2.40. The van der Waals surface area contributed by atoms with E-state index in [-0.39, 0.29) is 11.4 Å². The third kappa shape index (κ3) is 6.01. The second-order valence-electron chi connectivity index (χ2n) is 7.85. The zero-order valence-corrected chi connectivity index (χ0v) is 21.6. The molecule has 6 nitrogen and oxygen atoms in total. The van der Waals surface area contributed by atoms with E-state index >= 15 is 0 Å². The highest BCUT2D eigenvalue weighted by molar-refractivity contribution is 9.10. The number of hydrogen-bond donors (Lipinski definition) is 1. The Morgan fingerprint density at radius 2 is 1.60 bits per heavy atom. The van der Waals surface area contributed by atoms with Crippen LogP contribution in [0.1, 0.15) is 12.5 Å². The number of hydrogen-bond acceptors (Lipinski definition) is 4. The minimum Gasteiger partial charge on any atom is -0.494 e. The van der Waals surface area contributed by atoms with Gasteiger partial charge in [0.15, 0.2) is 0 Å². The van der Waals surface area contributed by atoms with Crippen molar-refractivity contribution in [3.63, 3.8) is 0 Å². The van der Waals surface area contributed by atoms with Crippen LogP contribution in [-0.2, 0) is 21.4 Å². The molecule has 4 aromatic carbocycles. The average molecular weight is 553 g/mol. The summed E-state index contributed by atoms with van der Waals surface area (Å²) in [5.41, 5.74) is 1.30. The van der Waals surface area contributed by atoms with Gasteiger partial charge in [-0.25, -0.2) is 8.42 Å². The third-order valence-corrected chi connectivity index (χ3v) is 7.74. The smallest absolute Gasteiger partial charge is 0.264 e. The van der Waals surface area contributed by atoms with Gasteiger partial charge in [0.1, 0.15) is 12.3 Å². The van der Waals surface area contributed by atoms with Crippen LogP contribution in [0.3, 0.4) is 0 Å². The number of benzene rings is 4. The molecule has 0 aliphatic heterocycles. The van der Waals surface area contributed by atoms with E-state index in [1.807, 2.05) is 49.4 Å². The van der Waals surface area contributed by atoms with Crippen molar-refractivity contribution in [1.82, 2.24) is 5.32 Å². The monoisotopic (exact) mass is 552 g/mol. The zero-order chi connectivity index (χ0) is 24.8. The summed E-state index contributed by atoms with van der Waals surface area (Å²) in [4.78, 5) is 13.0. The van der Waals surface area contributed by atoms with Gasteiger partial charge in [0.25, 0.3) is 10.0 Å². The van der Waals surface area contributed by atoms with Gasteiger partial charge in [-0.1, -0.05) is 52.3 Å². The Morgan fingerprint density at radius 1 is 0.914 bits per heavy atom. The molecular weight excluding hydrogens is 528 g/mol. The highest BCUT2D eigenvalue weighted by Gasteiger charge is 2.27. The number of nitrogens with zero attached hydrogens (tertiary/aromatic N) is 1. The summed E-state index contributed by atoms with van der Waals surface area (Å²) in [7, 11) is -3.99. The molecule has 0 bridgehead atoms. The van der Waals surface area contributed by atoms with E-state index in [9.17, 15) is 13.2 Å². The van der Waals surface area contributed by atoms with Crippen molar-refractivity contribution in [1.29, 1.82) is 0 Å². The lowest BCUT2D eigenvalue weighted by Gasteiger charge is -2.24. The number of amides is 1. The SMILES string of the molecule is CCOc1ccc(N(CC(=O)NCc2ccc3ccccc3c2)S(=O)(=O)c2ccc(Br)cc2)cc1. The Hall–Kier alpha value is -3.36. The molecular formula is C27H25BrN2O4S. The van der Waals surface area contributed by atoms with Gasteiger partial charge in [0.2, 0.25) is 5.91 Å². The van der Waals surface area contributed by atoms with E-state index < -0.39 is 15.9 Å². The summed E-state index contributed by atoms with van der Waals surface area (Å²) in [5.74, 6) is 0.214. The second-order valence-corrected chi connectivity index (χ2v) is 10.6. The number of fused-ring (bicyclic) bond motifs is 1. The van der Waals surface area contributed by atoms with Gasteiger partial charge in [-0.3, -0.25) is 9.10 Å². The van der Waals surface area contributed by atoms with Gasteiger partial charge < -0.3 is 10.1 Å². The fraction of sp³-hybridized carbons (Fsp3) is 0.148. The molecule has 35 heavy (non-hydrogen) atoms. The molecule has 0 atom stereocenters. The minimum absolute atomic E-state index is 0.0944. The Balaban J connectivity index is 1.56. The maximum Gasteiger partial charge on any atom is 0.264 e. The molecule has 1 N–H and O–H groups in total. The van der Waals surface area contributed by atoms with E-state index in [0.717, 1.165) is 25.1 Å². The van der Waals surface area contributed by atoms with Gasteiger partial charge in [-0.15, -0.1) is 0 Å². The Labute approximate surface area is 213 Å². The van der Waals surface area contributed by atoms with E-state index in [2.05, 4.69) is 21.2 Å². The molecule has 1 amide bonds. The molecule has 0 saturated heterocycles. The van der Waals surface area contributed by atoms with Crippen LogP contribution in [0.15, 0.2) is 100 Å². The normalized spacial score (nSPS) is 11.3. The van der Waals surface area contributed by atoms with Crippen molar-refractivity contribution in [3.8, 4) is 5.75 Å². The van der Waals surface area contributed by atoms with Crippen LogP contribution in [0.5, 0.6) is 5.75 Å². The number of rotatable bonds is 9. The fourth-order valence-electron chi connectivity index (χ4n) is 3.66. The van der Waals surface area contributed by atoms with Gasteiger partial charge in [0, 0.05) is 11.0 Å². The van der Waals surface area contributed by atoms with Crippen molar-refractivity contribution >= 4 is 48.3 Å². The summed E-state index contributed by atoms with van der Waals surface area (Å²) in [5, 5.41) is 5.04.